The Morgan fingerprint density at radius 2 is 1.86 bits per heavy atom. The summed E-state index contributed by atoms with van der Waals surface area (Å²) in [5, 5.41) is 1.45. The van der Waals surface area contributed by atoms with Gasteiger partial charge in [0, 0.05) is 11.6 Å². The van der Waals surface area contributed by atoms with Crippen molar-refractivity contribution in [1.82, 2.24) is 4.90 Å². The van der Waals surface area contributed by atoms with E-state index in [4.69, 9.17) is 27.9 Å². The first kappa shape index (κ1) is 14.7. The van der Waals surface area contributed by atoms with E-state index in [0.29, 0.717) is 10.8 Å². The molecule has 0 bridgehead atoms. The second-order valence-corrected chi connectivity index (χ2v) is 6.15. The van der Waals surface area contributed by atoms with Gasteiger partial charge in [-0.3, -0.25) is 4.90 Å². The van der Waals surface area contributed by atoms with Crippen LogP contribution in [0.5, 0.6) is 5.75 Å². The fourth-order valence-corrected chi connectivity index (χ4v) is 3.51. The number of benzene rings is 2. The molecule has 0 aliphatic carbocycles. The SMILES string of the molecule is COc1cc2c(cc1Cl)CCN(C)C2c1ccccc1Cl. The molecule has 1 unspecified atom stereocenters. The number of hydrogen-bond acceptors (Lipinski definition) is 2. The lowest BCUT2D eigenvalue weighted by Crippen LogP contribution is -2.33. The molecule has 1 aliphatic rings. The maximum absolute atomic E-state index is 6.41. The van der Waals surface area contributed by atoms with Gasteiger partial charge >= 0.3 is 0 Å². The summed E-state index contributed by atoms with van der Waals surface area (Å²) in [5.74, 6) is 0.711. The van der Waals surface area contributed by atoms with Gasteiger partial charge in [-0.15, -0.1) is 0 Å². The Kier molecular flexibility index (Phi) is 4.12. The highest BCUT2D eigenvalue weighted by Gasteiger charge is 2.28. The molecule has 0 saturated heterocycles. The fraction of sp³-hybridized carbons (Fsp3) is 0.294. The van der Waals surface area contributed by atoms with E-state index in [-0.39, 0.29) is 6.04 Å². The molecule has 2 aromatic rings. The number of methoxy groups -OCH3 is 1. The topological polar surface area (TPSA) is 12.5 Å². The van der Waals surface area contributed by atoms with Gasteiger partial charge in [0.15, 0.2) is 0 Å². The molecular formula is C17H17Cl2NO. The number of likely N-dealkylation sites (N-methyl/N-ethyl adjacent to an activating group) is 1. The number of ether oxygens (including phenoxy) is 1. The monoisotopic (exact) mass is 321 g/mol. The van der Waals surface area contributed by atoms with E-state index >= 15 is 0 Å². The quantitative estimate of drug-likeness (QED) is 0.802. The van der Waals surface area contributed by atoms with Gasteiger partial charge in [0.05, 0.1) is 18.2 Å². The van der Waals surface area contributed by atoms with Gasteiger partial charge in [0.25, 0.3) is 0 Å². The van der Waals surface area contributed by atoms with Gasteiger partial charge in [0.1, 0.15) is 5.75 Å². The highest BCUT2D eigenvalue weighted by atomic mass is 35.5. The predicted octanol–water partition coefficient (Wildman–Crippen LogP) is 4.58. The number of fused-ring (bicyclic) bond motifs is 1. The molecule has 2 aromatic carbocycles. The summed E-state index contributed by atoms with van der Waals surface area (Å²) in [4.78, 5) is 2.32. The van der Waals surface area contributed by atoms with Gasteiger partial charge in [-0.25, -0.2) is 0 Å². The molecule has 0 N–H and O–H groups in total. The molecule has 1 atom stereocenters. The molecule has 4 heteroatoms. The van der Waals surface area contributed by atoms with Crippen LogP contribution in [-0.4, -0.2) is 25.6 Å². The maximum atomic E-state index is 6.41. The van der Waals surface area contributed by atoms with Crippen molar-refractivity contribution in [2.45, 2.75) is 12.5 Å². The Bertz CT molecular complexity index is 672. The normalized spacial score (nSPS) is 18.4. The summed E-state index contributed by atoms with van der Waals surface area (Å²) >= 11 is 12.7. The molecule has 2 nitrogen and oxygen atoms in total. The zero-order chi connectivity index (χ0) is 15.0. The third-order valence-electron chi connectivity index (χ3n) is 4.08. The number of halogens is 2. The van der Waals surface area contributed by atoms with E-state index < -0.39 is 0 Å². The lowest BCUT2D eigenvalue weighted by Gasteiger charge is -2.35. The van der Waals surface area contributed by atoms with Crippen molar-refractivity contribution in [1.29, 1.82) is 0 Å². The molecule has 110 valence electrons. The van der Waals surface area contributed by atoms with Crippen LogP contribution in [0.1, 0.15) is 22.7 Å². The van der Waals surface area contributed by atoms with E-state index in [1.54, 1.807) is 7.11 Å². The minimum absolute atomic E-state index is 0.133. The highest BCUT2D eigenvalue weighted by molar-refractivity contribution is 6.32. The molecule has 0 aromatic heterocycles. The van der Waals surface area contributed by atoms with Gasteiger partial charge in [-0.05, 0) is 48.4 Å². The van der Waals surface area contributed by atoms with Crippen molar-refractivity contribution in [3.8, 4) is 5.75 Å². The first-order valence-corrected chi connectivity index (χ1v) is 7.68. The number of nitrogens with zero attached hydrogens (tertiary/aromatic N) is 1. The Morgan fingerprint density at radius 1 is 1.10 bits per heavy atom. The summed E-state index contributed by atoms with van der Waals surface area (Å²) in [6, 6.07) is 12.2. The van der Waals surface area contributed by atoms with Crippen molar-refractivity contribution >= 4 is 23.2 Å². The molecule has 1 heterocycles. The van der Waals surface area contributed by atoms with Crippen molar-refractivity contribution < 1.29 is 4.74 Å². The number of rotatable bonds is 2. The van der Waals surface area contributed by atoms with Crippen LogP contribution in [0.3, 0.4) is 0 Å². The minimum Gasteiger partial charge on any atom is -0.495 e. The van der Waals surface area contributed by atoms with Gasteiger partial charge < -0.3 is 4.74 Å². The fourth-order valence-electron chi connectivity index (χ4n) is 3.00. The lowest BCUT2D eigenvalue weighted by molar-refractivity contribution is 0.264. The Morgan fingerprint density at radius 3 is 2.57 bits per heavy atom. The summed E-state index contributed by atoms with van der Waals surface area (Å²) in [7, 11) is 3.77. The number of hydrogen-bond donors (Lipinski definition) is 0. The zero-order valence-corrected chi connectivity index (χ0v) is 13.6. The van der Waals surface area contributed by atoms with Crippen LogP contribution < -0.4 is 4.74 Å². The Hall–Kier alpha value is -1.22. The first-order valence-electron chi connectivity index (χ1n) is 6.92. The van der Waals surface area contributed by atoms with Crippen molar-refractivity contribution in [3.63, 3.8) is 0 Å². The molecular weight excluding hydrogens is 305 g/mol. The summed E-state index contributed by atoms with van der Waals surface area (Å²) in [6.07, 6.45) is 0.983. The maximum Gasteiger partial charge on any atom is 0.137 e. The van der Waals surface area contributed by atoms with Crippen LogP contribution in [-0.2, 0) is 6.42 Å². The molecule has 21 heavy (non-hydrogen) atoms. The smallest absolute Gasteiger partial charge is 0.137 e. The molecule has 0 amide bonds. The second kappa shape index (κ2) is 5.88. The second-order valence-electron chi connectivity index (χ2n) is 5.34. The van der Waals surface area contributed by atoms with Crippen molar-refractivity contribution in [2.24, 2.45) is 0 Å². The Labute approximate surface area is 135 Å². The molecule has 3 rings (SSSR count). The van der Waals surface area contributed by atoms with Crippen LogP contribution in [0.4, 0.5) is 0 Å². The van der Waals surface area contributed by atoms with Crippen LogP contribution >= 0.6 is 23.2 Å². The predicted molar refractivity (Wildman–Crippen MR) is 87.6 cm³/mol. The van der Waals surface area contributed by atoms with Gasteiger partial charge in [-0.1, -0.05) is 41.4 Å². The van der Waals surface area contributed by atoms with E-state index in [1.165, 1.54) is 11.1 Å². The molecule has 0 saturated carbocycles. The van der Waals surface area contributed by atoms with Crippen LogP contribution in [0.2, 0.25) is 10.0 Å². The lowest BCUT2D eigenvalue weighted by atomic mass is 9.88. The zero-order valence-electron chi connectivity index (χ0n) is 12.1. The van der Waals surface area contributed by atoms with Gasteiger partial charge in [-0.2, -0.15) is 0 Å². The average Bonchev–Trinajstić information content (AvgIpc) is 2.48. The van der Waals surface area contributed by atoms with Crippen molar-refractivity contribution in [3.05, 3.63) is 63.1 Å². The highest BCUT2D eigenvalue weighted by Crippen LogP contribution is 2.40. The molecule has 0 spiro atoms. The largest absolute Gasteiger partial charge is 0.495 e. The van der Waals surface area contributed by atoms with Crippen LogP contribution in [0.25, 0.3) is 0 Å². The van der Waals surface area contributed by atoms with Crippen molar-refractivity contribution in [2.75, 3.05) is 20.7 Å². The Balaban J connectivity index is 2.17. The van der Waals surface area contributed by atoms with E-state index in [9.17, 15) is 0 Å². The van der Waals surface area contributed by atoms with Crippen LogP contribution in [0, 0.1) is 0 Å². The van der Waals surface area contributed by atoms with E-state index in [0.717, 1.165) is 23.6 Å². The van der Waals surface area contributed by atoms with E-state index in [2.05, 4.69) is 18.0 Å². The third-order valence-corrected chi connectivity index (χ3v) is 4.72. The molecule has 0 radical (unpaired) electrons. The summed E-state index contributed by atoms with van der Waals surface area (Å²) < 4.78 is 5.38. The minimum atomic E-state index is 0.133. The average molecular weight is 322 g/mol. The van der Waals surface area contributed by atoms with Gasteiger partial charge in [0.2, 0.25) is 0 Å². The summed E-state index contributed by atoms with van der Waals surface area (Å²) in [5.41, 5.74) is 3.61. The van der Waals surface area contributed by atoms with E-state index in [1.807, 2.05) is 30.3 Å². The first-order chi connectivity index (χ1) is 10.1. The van der Waals surface area contributed by atoms with Crippen LogP contribution in [0.15, 0.2) is 36.4 Å². The molecule has 1 aliphatic heterocycles. The standard InChI is InChI=1S/C17H17Cl2NO/c1-20-8-7-11-9-15(19)16(21-2)10-13(11)17(20)12-5-3-4-6-14(12)18/h3-6,9-10,17H,7-8H2,1-2H3. The third kappa shape index (κ3) is 2.64. The summed E-state index contributed by atoms with van der Waals surface area (Å²) in [6.45, 7) is 0.978. The molecule has 0 fully saturated rings.